The second-order valence-electron chi connectivity index (χ2n) is 6.58. The lowest BCUT2D eigenvalue weighted by Crippen LogP contribution is -2.35. The van der Waals surface area contributed by atoms with Crippen molar-refractivity contribution in [1.29, 1.82) is 0 Å². The zero-order valence-electron chi connectivity index (χ0n) is 14.9. The second-order valence-corrected chi connectivity index (χ2v) is 6.58. The lowest BCUT2D eigenvalue weighted by Gasteiger charge is -2.20. The van der Waals surface area contributed by atoms with E-state index in [0.717, 1.165) is 0 Å². The first-order valence-electron chi connectivity index (χ1n) is 8.77. The van der Waals surface area contributed by atoms with Gasteiger partial charge in [-0.1, -0.05) is 6.07 Å². The van der Waals surface area contributed by atoms with Crippen LogP contribution in [0.3, 0.4) is 0 Å². The predicted molar refractivity (Wildman–Crippen MR) is 99.4 cm³/mol. The van der Waals surface area contributed by atoms with Gasteiger partial charge in [-0.15, -0.1) is 0 Å². The zero-order chi connectivity index (χ0) is 18.9. The number of amides is 2. The maximum absolute atomic E-state index is 12.8. The van der Waals surface area contributed by atoms with E-state index < -0.39 is 5.41 Å². The monoisotopic (exact) mass is 368 g/mol. The van der Waals surface area contributed by atoms with E-state index in [2.05, 4.69) is 10.6 Å². The van der Waals surface area contributed by atoms with Gasteiger partial charge in [-0.25, -0.2) is 0 Å². The molecule has 0 aromatic heterocycles. The SMILES string of the molecule is COc1cccc(NC(=O)C2(C(=O)Nc3ccc4c(c3)OCCO4)CC2)c1. The number of nitrogens with one attached hydrogen (secondary N) is 2. The summed E-state index contributed by atoms with van der Waals surface area (Å²) in [6, 6.07) is 12.2. The molecule has 0 unspecified atom stereocenters. The molecule has 2 aliphatic rings. The molecule has 0 radical (unpaired) electrons. The van der Waals surface area contributed by atoms with Gasteiger partial charge in [0.15, 0.2) is 11.5 Å². The third-order valence-corrected chi connectivity index (χ3v) is 4.75. The summed E-state index contributed by atoms with van der Waals surface area (Å²) in [5, 5.41) is 5.64. The molecule has 4 rings (SSSR count). The molecular formula is C20H20N2O5. The highest BCUT2D eigenvalue weighted by Gasteiger charge is 2.56. The topological polar surface area (TPSA) is 85.9 Å². The average molecular weight is 368 g/mol. The third kappa shape index (κ3) is 3.40. The zero-order valence-corrected chi connectivity index (χ0v) is 14.9. The van der Waals surface area contributed by atoms with Crippen molar-refractivity contribution in [3.8, 4) is 17.2 Å². The third-order valence-electron chi connectivity index (χ3n) is 4.75. The number of methoxy groups -OCH3 is 1. The average Bonchev–Trinajstić information content (AvgIpc) is 3.50. The summed E-state index contributed by atoms with van der Waals surface area (Å²) in [4.78, 5) is 25.5. The van der Waals surface area contributed by atoms with Crippen LogP contribution < -0.4 is 24.8 Å². The van der Waals surface area contributed by atoms with Crippen LogP contribution in [0.2, 0.25) is 0 Å². The summed E-state index contributed by atoms with van der Waals surface area (Å²) in [6.45, 7) is 0.976. The largest absolute Gasteiger partial charge is 0.497 e. The van der Waals surface area contributed by atoms with Gasteiger partial charge in [0.25, 0.3) is 0 Å². The van der Waals surface area contributed by atoms with E-state index in [4.69, 9.17) is 14.2 Å². The van der Waals surface area contributed by atoms with E-state index >= 15 is 0 Å². The van der Waals surface area contributed by atoms with Crippen molar-refractivity contribution in [2.75, 3.05) is 31.0 Å². The van der Waals surface area contributed by atoms with Gasteiger partial charge in [-0.2, -0.15) is 0 Å². The number of hydrogen-bond donors (Lipinski definition) is 2. The normalized spacial score (nSPS) is 16.2. The summed E-state index contributed by atoms with van der Waals surface area (Å²) >= 11 is 0. The molecule has 2 aromatic rings. The Balaban J connectivity index is 1.45. The van der Waals surface area contributed by atoms with Gasteiger partial charge >= 0.3 is 0 Å². The molecule has 1 heterocycles. The number of carbonyl (C=O) groups excluding carboxylic acids is 2. The molecule has 2 aromatic carbocycles. The Morgan fingerprint density at radius 2 is 1.59 bits per heavy atom. The Kier molecular flexibility index (Phi) is 4.35. The fourth-order valence-electron chi connectivity index (χ4n) is 3.01. The molecule has 140 valence electrons. The van der Waals surface area contributed by atoms with Gasteiger partial charge in [0.1, 0.15) is 24.4 Å². The van der Waals surface area contributed by atoms with Gasteiger partial charge in [0, 0.05) is 23.5 Å². The van der Waals surface area contributed by atoms with Gasteiger partial charge in [-0.3, -0.25) is 9.59 Å². The Labute approximate surface area is 156 Å². The fourth-order valence-corrected chi connectivity index (χ4v) is 3.01. The second kappa shape index (κ2) is 6.83. The molecule has 1 aliphatic carbocycles. The van der Waals surface area contributed by atoms with Crippen molar-refractivity contribution < 1.29 is 23.8 Å². The Hall–Kier alpha value is -3.22. The predicted octanol–water partition coefficient (Wildman–Crippen LogP) is 2.82. The Morgan fingerprint density at radius 3 is 2.26 bits per heavy atom. The first-order valence-corrected chi connectivity index (χ1v) is 8.77. The summed E-state index contributed by atoms with van der Waals surface area (Å²) in [7, 11) is 1.56. The number of ether oxygens (including phenoxy) is 3. The molecule has 0 spiro atoms. The van der Waals surface area contributed by atoms with Crippen LogP contribution in [0, 0.1) is 5.41 Å². The van der Waals surface area contributed by atoms with Crippen LogP contribution in [0.1, 0.15) is 12.8 Å². The number of carbonyl (C=O) groups is 2. The van der Waals surface area contributed by atoms with Crippen molar-refractivity contribution >= 4 is 23.2 Å². The minimum atomic E-state index is -1.05. The van der Waals surface area contributed by atoms with Crippen molar-refractivity contribution in [2.24, 2.45) is 5.41 Å². The van der Waals surface area contributed by atoms with Gasteiger partial charge in [-0.05, 0) is 37.1 Å². The van der Waals surface area contributed by atoms with Crippen LogP contribution in [0.15, 0.2) is 42.5 Å². The molecule has 0 saturated heterocycles. The molecular weight excluding hydrogens is 348 g/mol. The summed E-state index contributed by atoms with van der Waals surface area (Å²) < 4.78 is 16.2. The van der Waals surface area contributed by atoms with E-state index in [1.165, 1.54) is 0 Å². The first-order chi connectivity index (χ1) is 13.1. The van der Waals surface area contributed by atoms with Crippen LogP contribution in [0.5, 0.6) is 17.2 Å². The number of anilines is 2. The fraction of sp³-hybridized carbons (Fsp3) is 0.300. The minimum absolute atomic E-state index is 0.314. The highest BCUT2D eigenvalue weighted by atomic mass is 16.6. The molecule has 7 heteroatoms. The van der Waals surface area contributed by atoms with E-state index in [1.54, 1.807) is 49.6 Å². The number of rotatable bonds is 5. The summed E-state index contributed by atoms with van der Waals surface area (Å²) in [5.74, 6) is 1.24. The van der Waals surface area contributed by atoms with Crippen LogP contribution in [-0.4, -0.2) is 32.1 Å². The van der Waals surface area contributed by atoms with Crippen molar-refractivity contribution in [1.82, 2.24) is 0 Å². The number of benzene rings is 2. The Morgan fingerprint density at radius 1 is 0.926 bits per heavy atom. The molecule has 1 fully saturated rings. The van der Waals surface area contributed by atoms with E-state index in [0.29, 0.717) is 54.7 Å². The summed E-state index contributed by atoms with van der Waals surface area (Å²) in [6.07, 6.45) is 1.03. The molecule has 2 amide bonds. The van der Waals surface area contributed by atoms with E-state index in [-0.39, 0.29) is 11.8 Å². The maximum Gasteiger partial charge on any atom is 0.240 e. The lowest BCUT2D eigenvalue weighted by molar-refractivity contribution is -0.131. The van der Waals surface area contributed by atoms with Crippen molar-refractivity contribution in [3.63, 3.8) is 0 Å². The standard InChI is InChI=1S/C20H20N2O5/c1-25-15-4-2-3-13(11-15)21-18(23)20(7-8-20)19(24)22-14-5-6-16-17(12-14)27-10-9-26-16/h2-6,11-12H,7-10H2,1H3,(H,21,23)(H,22,24). The van der Waals surface area contributed by atoms with Gasteiger partial charge in [0.2, 0.25) is 11.8 Å². The first kappa shape index (κ1) is 17.2. The maximum atomic E-state index is 12.8. The van der Waals surface area contributed by atoms with E-state index in [9.17, 15) is 9.59 Å². The molecule has 27 heavy (non-hydrogen) atoms. The molecule has 1 aliphatic heterocycles. The van der Waals surface area contributed by atoms with Gasteiger partial charge < -0.3 is 24.8 Å². The smallest absolute Gasteiger partial charge is 0.240 e. The highest BCUT2D eigenvalue weighted by Crippen LogP contribution is 2.48. The van der Waals surface area contributed by atoms with Gasteiger partial charge in [0.05, 0.1) is 7.11 Å². The molecule has 0 atom stereocenters. The van der Waals surface area contributed by atoms with Crippen LogP contribution in [-0.2, 0) is 9.59 Å². The molecule has 1 saturated carbocycles. The molecule has 0 bridgehead atoms. The van der Waals surface area contributed by atoms with Crippen molar-refractivity contribution in [3.05, 3.63) is 42.5 Å². The lowest BCUT2D eigenvalue weighted by atomic mass is 10.0. The van der Waals surface area contributed by atoms with Crippen LogP contribution in [0.4, 0.5) is 11.4 Å². The van der Waals surface area contributed by atoms with Crippen LogP contribution in [0.25, 0.3) is 0 Å². The minimum Gasteiger partial charge on any atom is -0.497 e. The van der Waals surface area contributed by atoms with Crippen molar-refractivity contribution in [2.45, 2.75) is 12.8 Å². The van der Waals surface area contributed by atoms with E-state index in [1.807, 2.05) is 0 Å². The quantitative estimate of drug-likeness (QED) is 0.793. The number of hydrogen-bond acceptors (Lipinski definition) is 5. The molecule has 2 N–H and O–H groups in total. The molecule has 7 nitrogen and oxygen atoms in total. The number of fused-ring (bicyclic) bond motifs is 1. The summed E-state index contributed by atoms with van der Waals surface area (Å²) in [5.41, 5.74) is 0.124. The van der Waals surface area contributed by atoms with Crippen LogP contribution >= 0.6 is 0 Å². The Bertz CT molecular complexity index is 892. The highest BCUT2D eigenvalue weighted by molar-refractivity contribution is 6.17.